The second-order valence-electron chi connectivity index (χ2n) is 6.27. The average molecular weight is 376 g/mol. The van der Waals surface area contributed by atoms with Gasteiger partial charge in [-0.2, -0.15) is 0 Å². The quantitative estimate of drug-likeness (QED) is 0.751. The first-order chi connectivity index (χ1) is 13.1. The molecule has 1 aromatic heterocycles. The number of ether oxygens (including phenoxy) is 1. The number of hydrogen-bond donors (Lipinski definition) is 2. The van der Waals surface area contributed by atoms with Crippen LogP contribution >= 0.6 is 0 Å². The second kappa shape index (κ2) is 8.58. The lowest BCUT2D eigenvalue weighted by Crippen LogP contribution is -2.35. The maximum absolute atomic E-state index is 14.0. The summed E-state index contributed by atoms with van der Waals surface area (Å²) in [6.07, 6.45) is 3.33. The molecule has 0 saturated carbocycles. The van der Waals surface area contributed by atoms with E-state index in [9.17, 15) is 14.0 Å². The molecule has 0 spiro atoms. The zero-order valence-electron chi connectivity index (χ0n) is 14.9. The minimum absolute atomic E-state index is 0.0216. The molecule has 1 saturated heterocycles. The first kappa shape index (κ1) is 18.8. The van der Waals surface area contributed by atoms with Crippen molar-refractivity contribution in [2.24, 2.45) is 5.92 Å². The summed E-state index contributed by atoms with van der Waals surface area (Å²) in [5, 5.41) is 12.6. The van der Waals surface area contributed by atoms with Crippen LogP contribution in [-0.4, -0.2) is 65.0 Å². The van der Waals surface area contributed by atoms with E-state index in [-0.39, 0.29) is 17.5 Å². The van der Waals surface area contributed by atoms with Gasteiger partial charge in [0.15, 0.2) is 0 Å². The largest absolute Gasteiger partial charge is 0.383 e. The lowest BCUT2D eigenvalue weighted by Gasteiger charge is -2.16. The number of likely N-dealkylation sites (tertiary alicyclic amines) is 1. The molecule has 2 N–H and O–H groups in total. The van der Waals surface area contributed by atoms with Crippen LogP contribution in [0.1, 0.15) is 6.42 Å². The fourth-order valence-electron chi connectivity index (χ4n) is 2.92. The highest BCUT2D eigenvalue weighted by Crippen LogP contribution is 2.19. The summed E-state index contributed by atoms with van der Waals surface area (Å²) in [7, 11) is 1.58. The Kier molecular flexibility index (Phi) is 5.97. The van der Waals surface area contributed by atoms with E-state index in [1.54, 1.807) is 22.6 Å². The Labute approximate surface area is 155 Å². The zero-order valence-corrected chi connectivity index (χ0v) is 14.9. The predicted octanol–water partition coefficient (Wildman–Crippen LogP) is 1.02. The van der Waals surface area contributed by atoms with Gasteiger partial charge in [-0.1, -0.05) is 0 Å². The van der Waals surface area contributed by atoms with Crippen molar-refractivity contribution < 1.29 is 18.7 Å². The molecule has 0 radical (unpaired) electrons. The van der Waals surface area contributed by atoms with E-state index in [0.717, 1.165) is 0 Å². The Morgan fingerprint density at radius 3 is 2.89 bits per heavy atom. The normalized spacial score (nSPS) is 16.6. The van der Waals surface area contributed by atoms with E-state index in [0.29, 0.717) is 38.3 Å². The summed E-state index contributed by atoms with van der Waals surface area (Å²) < 4.78 is 20.6. The summed E-state index contributed by atoms with van der Waals surface area (Å²) in [4.78, 5) is 25.7. The Balaban J connectivity index is 1.53. The number of hydrogen-bond acceptors (Lipinski definition) is 5. The molecular formula is C17H21FN6O3. The van der Waals surface area contributed by atoms with Crippen LogP contribution in [0.2, 0.25) is 0 Å². The van der Waals surface area contributed by atoms with Crippen molar-refractivity contribution in [2.45, 2.75) is 6.42 Å². The third-order valence-electron chi connectivity index (χ3n) is 4.33. The molecule has 0 bridgehead atoms. The highest BCUT2D eigenvalue weighted by atomic mass is 19.1. The Morgan fingerprint density at radius 1 is 1.37 bits per heavy atom. The van der Waals surface area contributed by atoms with Crippen LogP contribution in [-0.2, 0) is 9.53 Å². The van der Waals surface area contributed by atoms with E-state index in [1.807, 2.05) is 0 Å². The number of nitrogens with one attached hydrogen (secondary N) is 2. The maximum atomic E-state index is 14.0. The highest BCUT2D eigenvalue weighted by Gasteiger charge is 2.29. The number of nitrogens with zero attached hydrogens (tertiary/aromatic N) is 4. The molecule has 1 unspecified atom stereocenters. The van der Waals surface area contributed by atoms with Crippen molar-refractivity contribution in [3.63, 3.8) is 0 Å². The number of methoxy groups -OCH3 is 1. The predicted molar refractivity (Wildman–Crippen MR) is 94.9 cm³/mol. The number of carbonyl (C=O) groups excluding carboxylic acids is 2. The van der Waals surface area contributed by atoms with Gasteiger partial charge in [0.05, 0.1) is 18.0 Å². The first-order valence-electron chi connectivity index (χ1n) is 8.53. The van der Waals surface area contributed by atoms with Crippen LogP contribution in [0.4, 0.5) is 14.9 Å². The molecule has 3 amide bonds. The van der Waals surface area contributed by atoms with Crippen LogP contribution in [0.5, 0.6) is 0 Å². The smallest absolute Gasteiger partial charge is 0.319 e. The number of aromatic nitrogens is 3. The van der Waals surface area contributed by atoms with Gasteiger partial charge in [-0.3, -0.25) is 9.36 Å². The number of benzene rings is 1. The van der Waals surface area contributed by atoms with Crippen molar-refractivity contribution in [2.75, 3.05) is 38.7 Å². The summed E-state index contributed by atoms with van der Waals surface area (Å²) in [5.41, 5.74) is 0.662. The van der Waals surface area contributed by atoms with Crippen LogP contribution < -0.4 is 10.6 Å². The van der Waals surface area contributed by atoms with Crippen molar-refractivity contribution in [3.8, 4) is 5.69 Å². The van der Waals surface area contributed by atoms with Gasteiger partial charge in [0.2, 0.25) is 5.91 Å². The fourth-order valence-corrected chi connectivity index (χ4v) is 2.92. The molecule has 1 aromatic carbocycles. The molecule has 1 fully saturated rings. The number of rotatable bonds is 7. The molecule has 9 nitrogen and oxygen atoms in total. The number of anilines is 1. The molecular weight excluding hydrogens is 355 g/mol. The number of halogens is 1. The maximum Gasteiger partial charge on any atom is 0.319 e. The van der Waals surface area contributed by atoms with Gasteiger partial charge >= 0.3 is 6.03 Å². The molecule has 3 rings (SSSR count). The van der Waals surface area contributed by atoms with Crippen LogP contribution in [0, 0.1) is 11.7 Å². The van der Waals surface area contributed by atoms with E-state index >= 15 is 0 Å². The highest BCUT2D eigenvalue weighted by molar-refractivity contribution is 5.89. The topological polar surface area (TPSA) is 101 Å². The summed E-state index contributed by atoms with van der Waals surface area (Å²) in [6.45, 7) is 1.92. The number of carbonyl (C=O) groups is 2. The average Bonchev–Trinajstić information content (AvgIpc) is 3.30. The second-order valence-corrected chi connectivity index (χ2v) is 6.27. The van der Waals surface area contributed by atoms with Crippen molar-refractivity contribution >= 4 is 17.6 Å². The van der Waals surface area contributed by atoms with Gasteiger partial charge in [0.1, 0.15) is 18.5 Å². The van der Waals surface area contributed by atoms with Gasteiger partial charge < -0.3 is 20.3 Å². The lowest BCUT2D eigenvalue weighted by atomic mass is 10.1. The Morgan fingerprint density at radius 2 is 2.15 bits per heavy atom. The Bertz CT molecular complexity index is 798. The summed E-state index contributed by atoms with van der Waals surface area (Å²) >= 11 is 0. The molecule has 0 aliphatic carbocycles. The lowest BCUT2D eigenvalue weighted by molar-refractivity contribution is -0.128. The van der Waals surface area contributed by atoms with Gasteiger partial charge in [-0.15, -0.1) is 10.2 Å². The first-order valence-corrected chi connectivity index (χ1v) is 8.53. The summed E-state index contributed by atoms with van der Waals surface area (Å²) in [6, 6.07) is 3.77. The molecule has 10 heteroatoms. The van der Waals surface area contributed by atoms with Gasteiger partial charge in [-0.05, 0) is 18.2 Å². The van der Waals surface area contributed by atoms with E-state index in [4.69, 9.17) is 4.74 Å². The van der Waals surface area contributed by atoms with Crippen molar-refractivity contribution in [1.29, 1.82) is 0 Å². The Hall–Kier alpha value is -3.01. The van der Waals surface area contributed by atoms with E-state index in [1.165, 1.54) is 24.8 Å². The van der Waals surface area contributed by atoms with E-state index < -0.39 is 11.8 Å². The van der Waals surface area contributed by atoms with Gasteiger partial charge in [-0.25, -0.2) is 9.18 Å². The van der Waals surface area contributed by atoms with Crippen LogP contribution in [0.15, 0.2) is 30.9 Å². The van der Waals surface area contributed by atoms with E-state index in [2.05, 4.69) is 20.8 Å². The minimum atomic E-state index is -0.552. The molecule has 1 atom stereocenters. The number of amides is 3. The molecule has 27 heavy (non-hydrogen) atoms. The standard InChI is InChI=1S/C17H21FN6O3/c1-27-5-4-23-9-12(6-16(23)25)8-19-17(26)22-15-7-13(2-3-14(15)18)24-10-20-21-11-24/h2-3,7,10-12H,4-6,8-9H2,1H3,(H2,19,22,26). The minimum Gasteiger partial charge on any atom is -0.383 e. The number of urea groups is 1. The third kappa shape index (κ3) is 4.79. The third-order valence-corrected chi connectivity index (χ3v) is 4.33. The SMILES string of the molecule is COCCN1CC(CNC(=O)Nc2cc(-n3cnnc3)ccc2F)CC1=O. The van der Waals surface area contributed by atoms with Crippen molar-refractivity contribution in [3.05, 3.63) is 36.7 Å². The van der Waals surface area contributed by atoms with Gasteiger partial charge in [0.25, 0.3) is 0 Å². The molecule has 1 aliphatic heterocycles. The van der Waals surface area contributed by atoms with Crippen LogP contribution in [0.3, 0.4) is 0 Å². The van der Waals surface area contributed by atoms with Crippen molar-refractivity contribution in [1.82, 2.24) is 25.0 Å². The molecule has 2 heterocycles. The zero-order chi connectivity index (χ0) is 19.2. The molecule has 144 valence electrons. The van der Waals surface area contributed by atoms with Gasteiger partial charge in [0, 0.05) is 39.1 Å². The summed E-state index contributed by atoms with van der Waals surface area (Å²) in [5.74, 6) is -0.482. The fraction of sp³-hybridized carbons (Fsp3) is 0.412. The van der Waals surface area contributed by atoms with Crippen LogP contribution in [0.25, 0.3) is 5.69 Å². The molecule has 2 aromatic rings. The monoisotopic (exact) mass is 376 g/mol. The molecule has 1 aliphatic rings.